The fourth-order valence-corrected chi connectivity index (χ4v) is 2.60. The average Bonchev–Trinajstić information content (AvgIpc) is 2.21. The number of ether oxygens (including phenoxy) is 1. The van der Waals surface area contributed by atoms with E-state index in [9.17, 15) is 0 Å². The van der Waals surface area contributed by atoms with Crippen LogP contribution in [0.4, 0.5) is 0 Å². The topological polar surface area (TPSA) is 35.2 Å². The highest BCUT2D eigenvalue weighted by atomic mass is 16.5. The molecule has 1 aliphatic rings. The third-order valence-electron chi connectivity index (χ3n) is 3.51. The molecule has 2 unspecified atom stereocenters. The van der Waals surface area contributed by atoms with Crippen LogP contribution < -0.4 is 5.73 Å². The van der Waals surface area contributed by atoms with Crippen molar-refractivity contribution in [1.82, 2.24) is 0 Å². The Hall–Kier alpha value is -0.0800. The van der Waals surface area contributed by atoms with Crippen LogP contribution in [0.2, 0.25) is 0 Å². The van der Waals surface area contributed by atoms with Crippen LogP contribution in [-0.4, -0.2) is 19.3 Å². The van der Waals surface area contributed by atoms with Gasteiger partial charge in [0.1, 0.15) is 0 Å². The molecule has 0 saturated heterocycles. The zero-order chi connectivity index (χ0) is 10.4. The van der Waals surface area contributed by atoms with Crippen LogP contribution in [0.1, 0.15) is 51.9 Å². The van der Waals surface area contributed by atoms with Crippen LogP contribution in [-0.2, 0) is 4.74 Å². The summed E-state index contributed by atoms with van der Waals surface area (Å²) < 4.78 is 5.38. The molecule has 0 aliphatic heterocycles. The predicted octanol–water partition coefficient (Wildman–Crippen LogP) is 2.71. The first-order valence-electron chi connectivity index (χ1n) is 6.06. The summed E-state index contributed by atoms with van der Waals surface area (Å²) in [5.41, 5.74) is 6.14. The largest absolute Gasteiger partial charge is 0.380 e. The molecule has 14 heavy (non-hydrogen) atoms. The van der Waals surface area contributed by atoms with Crippen molar-refractivity contribution < 1.29 is 4.74 Å². The third-order valence-corrected chi connectivity index (χ3v) is 3.51. The summed E-state index contributed by atoms with van der Waals surface area (Å²) in [6, 6.07) is 0.244. The molecule has 0 heterocycles. The fourth-order valence-electron chi connectivity index (χ4n) is 2.60. The van der Waals surface area contributed by atoms with Crippen molar-refractivity contribution in [3.05, 3.63) is 0 Å². The smallest absolute Gasteiger partial charge is 0.0719 e. The summed E-state index contributed by atoms with van der Waals surface area (Å²) in [6.45, 7) is 2.15. The maximum absolute atomic E-state index is 6.14. The molecular weight excluding hydrogens is 174 g/mol. The van der Waals surface area contributed by atoms with E-state index in [1.165, 1.54) is 32.1 Å². The number of nitrogens with two attached hydrogens (primary N) is 1. The van der Waals surface area contributed by atoms with Gasteiger partial charge in [-0.2, -0.15) is 0 Å². The van der Waals surface area contributed by atoms with Gasteiger partial charge in [0.05, 0.1) is 6.10 Å². The van der Waals surface area contributed by atoms with Crippen molar-refractivity contribution in [2.45, 2.75) is 64.0 Å². The minimum atomic E-state index is 0.244. The molecule has 2 N–H and O–H groups in total. The van der Waals surface area contributed by atoms with E-state index < -0.39 is 0 Å². The SMILES string of the molecule is CCC(OC)C(N)CC1CCCCC1. The summed E-state index contributed by atoms with van der Waals surface area (Å²) in [6.07, 6.45) is 9.45. The van der Waals surface area contributed by atoms with Gasteiger partial charge in [0, 0.05) is 13.2 Å². The molecule has 2 heteroatoms. The van der Waals surface area contributed by atoms with Crippen LogP contribution in [0.15, 0.2) is 0 Å². The molecule has 2 atom stereocenters. The molecule has 0 radical (unpaired) electrons. The molecule has 1 saturated carbocycles. The lowest BCUT2D eigenvalue weighted by molar-refractivity contribution is 0.0672. The van der Waals surface area contributed by atoms with E-state index in [0.29, 0.717) is 0 Å². The zero-order valence-electron chi connectivity index (χ0n) is 9.67. The van der Waals surface area contributed by atoms with Crippen molar-refractivity contribution in [2.75, 3.05) is 7.11 Å². The molecular formula is C12H25NO. The summed E-state index contributed by atoms with van der Waals surface area (Å²) in [4.78, 5) is 0. The van der Waals surface area contributed by atoms with Gasteiger partial charge in [-0.05, 0) is 18.8 Å². The second-order valence-corrected chi connectivity index (χ2v) is 4.59. The van der Waals surface area contributed by atoms with Crippen molar-refractivity contribution in [3.8, 4) is 0 Å². The normalized spacial score (nSPS) is 23.4. The van der Waals surface area contributed by atoms with Gasteiger partial charge < -0.3 is 10.5 Å². The van der Waals surface area contributed by atoms with E-state index in [4.69, 9.17) is 10.5 Å². The Labute approximate surface area is 88.2 Å². The van der Waals surface area contributed by atoms with Crippen LogP contribution in [0.5, 0.6) is 0 Å². The maximum Gasteiger partial charge on any atom is 0.0719 e. The van der Waals surface area contributed by atoms with Crippen molar-refractivity contribution in [2.24, 2.45) is 11.7 Å². The van der Waals surface area contributed by atoms with Gasteiger partial charge >= 0.3 is 0 Å². The Kier molecular flexibility index (Phi) is 5.49. The van der Waals surface area contributed by atoms with Crippen molar-refractivity contribution in [3.63, 3.8) is 0 Å². The van der Waals surface area contributed by atoms with Crippen LogP contribution in [0.25, 0.3) is 0 Å². The highest BCUT2D eigenvalue weighted by Gasteiger charge is 2.21. The van der Waals surface area contributed by atoms with Gasteiger partial charge in [-0.25, -0.2) is 0 Å². The first-order valence-corrected chi connectivity index (χ1v) is 6.06. The molecule has 0 aromatic rings. The quantitative estimate of drug-likeness (QED) is 0.739. The lowest BCUT2D eigenvalue weighted by Crippen LogP contribution is -2.37. The molecule has 2 nitrogen and oxygen atoms in total. The van der Waals surface area contributed by atoms with Gasteiger partial charge in [0.25, 0.3) is 0 Å². The van der Waals surface area contributed by atoms with Crippen molar-refractivity contribution in [1.29, 1.82) is 0 Å². The highest BCUT2D eigenvalue weighted by Crippen LogP contribution is 2.28. The standard InChI is InChI=1S/C12H25NO/c1-3-12(14-2)11(13)9-10-7-5-4-6-8-10/h10-12H,3-9,13H2,1-2H3. The minimum Gasteiger partial charge on any atom is -0.380 e. The third kappa shape index (κ3) is 3.58. The zero-order valence-corrected chi connectivity index (χ0v) is 9.67. The molecule has 0 spiro atoms. The number of hydrogen-bond donors (Lipinski definition) is 1. The summed E-state index contributed by atoms with van der Waals surface area (Å²) in [7, 11) is 1.77. The first kappa shape index (κ1) is 12.0. The first-order chi connectivity index (χ1) is 6.77. The van der Waals surface area contributed by atoms with E-state index in [1.807, 2.05) is 0 Å². The Morgan fingerprint density at radius 1 is 1.29 bits per heavy atom. The molecule has 1 rings (SSSR count). The van der Waals surface area contributed by atoms with Gasteiger partial charge in [0.2, 0.25) is 0 Å². The molecule has 1 fully saturated rings. The number of hydrogen-bond acceptors (Lipinski definition) is 2. The van der Waals surface area contributed by atoms with Gasteiger partial charge in [-0.15, -0.1) is 0 Å². The minimum absolute atomic E-state index is 0.244. The monoisotopic (exact) mass is 199 g/mol. The second-order valence-electron chi connectivity index (χ2n) is 4.59. The van der Waals surface area contributed by atoms with E-state index in [-0.39, 0.29) is 12.1 Å². The Balaban J connectivity index is 2.26. The predicted molar refractivity (Wildman–Crippen MR) is 60.3 cm³/mol. The summed E-state index contributed by atoms with van der Waals surface area (Å²) in [5, 5.41) is 0. The molecule has 0 amide bonds. The van der Waals surface area contributed by atoms with E-state index in [1.54, 1.807) is 7.11 Å². The summed E-state index contributed by atoms with van der Waals surface area (Å²) in [5.74, 6) is 0.864. The molecule has 84 valence electrons. The molecule has 1 aliphatic carbocycles. The lowest BCUT2D eigenvalue weighted by atomic mass is 9.83. The number of methoxy groups -OCH3 is 1. The maximum atomic E-state index is 6.14. The highest BCUT2D eigenvalue weighted by molar-refractivity contribution is 4.77. The average molecular weight is 199 g/mol. The van der Waals surface area contributed by atoms with Crippen LogP contribution in [0, 0.1) is 5.92 Å². The van der Waals surface area contributed by atoms with Gasteiger partial charge in [0.15, 0.2) is 0 Å². The Morgan fingerprint density at radius 3 is 2.43 bits per heavy atom. The Bertz CT molecular complexity index is 139. The lowest BCUT2D eigenvalue weighted by Gasteiger charge is -2.28. The molecule has 0 aromatic carbocycles. The van der Waals surface area contributed by atoms with Crippen LogP contribution >= 0.6 is 0 Å². The second kappa shape index (κ2) is 6.41. The fraction of sp³-hybridized carbons (Fsp3) is 1.00. The number of rotatable bonds is 5. The molecule has 0 bridgehead atoms. The van der Waals surface area contributed by atoms with Crippen molar-refractivity contribution >= 4 is 0 Å². The van der Waals surface area contributed by atoms with E-state index in [0.717, 1.165) is 18.8 Å². The van der Waals surface area contributed by atoms with Gasteiger partial charge in [-0.1, -0.05) is 39.0 Å². The Morgan fingerprint density at radius 2 is 1.93 bits per heavy atom. The summed E-state index contributed by atoms with van der Waals surface area (Å²) >= 11 is 0. The van der Waals surface area contributed by atoms with Gasteiger partial charge in [-0.3, -0.25) is 0 Å². The van der Waals surface area contributed by atoms with E-state index in [2.05, 4.69) is 6.92 Å². The molecule has 0 aromatic heterocycles. The van der Waals surface area contributed by atoms with E-state index >= 15 is 0 Å². The van der Waals surface area contributed by atoms with Crippen LogP contribution in [0.3, 0.4) is 0 Å².